The lowest BCUT2D eigenvalue weighted by atomic mass is 10.1. The Hall–Kier alpha value is -2.82. The summed E-state index contributed by atoms with van der Waals surface area (Å²) in [5.41, 5.74) is 4.75. The van der Waals surface area contributed by atoms with Gasteiger partial charge in [0.05, 0.1) is 5.71 Å². The second kappa shape index (κ2) is 9.61. The molecular formula is C21H26N2O3. The van der Waals surface area contributed by atoms with Crippen LogP contribution in [0.15, 0.2) is 47.9 Å². The van der Waals surface area contributed by atoms with Crippen molar-refractivity contribution in [1.29, 1.82) is 0 Å². The first kappa shape index (κ1) is 19.5. The van der Waals surface area contributed by atoms with Crippen molar-refractivity contribution in [3.05, 3.63) is 65.0 Å². The fourth-order valence-electron chi connectivity index (χ4n) is 2.57. The Morgan fingerprint density at radius 3 is 2.50 bits per heavy atom. The second-order valence-electron chi connectivity index (χ2n) is 6.00. The summed E-state index contributed by atoms with van der Waals surface area (Å²) in [5, 5.41) is 3.94. The van der Waals surface area contributed by atoms with Crippen LogP contribution in [0.5, 0.6) is 11.5 Å². The normalized spacial score (nSPS) is 11.7. The molecule has 0 N–H and O–H groups in total. The molecule has 0 radical (unpaired) electrons. The van der Waals surface area contributed by atoms with E-state index in [1.54, 1.807) is 12.4 Å². The number of allylic oxidation sites excluding steroid dienone is 1. The molecule has 138 valence electrons. The third kappa shape index (κ3) is 5.34. The monoisotopic (exact) mass is 354 g/mol. The van der Waals surface area contributed by atoms with Crippen molar-refractivity contribution in [1.82, 2.24) is 4.98 Å². The van der Waals surface area contributed by atoms with Crippen molar-refractivity contribution in [2.24, 2.45) is 5.16 Å². The summed E-state index contributed by atoms with van der Waals surface area (Å²) in [4.78, 5) is 9.08. The molecule has 0 unspecified atom stereocenters. The highest BCUT2D eigenvalue weighted by atomic mass is 16.6. The Morgan fingerprint density at radius 2 is 1.85 bits per heavy atom. The lowest BCUT2D eigenvalue weighted by Gasteiger charge is -2.14. The third-order valence-electron chi connectivity index (χ3n) is 3.84. The molecule has 26 heavy (non-hydrogen) atoms. The maximum Gasteiger partial charge on any atom is 0.125 e. The lowest BCUT2D eigenvalue weighted by molar-refractivity contribution is 0.213. The quantitative estimate of drug-likeness (QED) is 0.395. The average Bonchev–Trinajstić information content (AvgIpc) is 2.62. The number of oxime groups is 1. The van der Waals surface area contributed by atoms with Crippen molar-refractivity contribution in [2.45, 2.75) is 34.3 Å². The van der Waals surface area contributed by atoms with Crippen LogP contribution in [0.25, 0.3) is 0 Å². The highest BCUT2D eigenvalue weighted by Crippen LogP contribution is 2.29. The van der Waals surface area contributed by atoms with Gasteiger partial charge >= 0.3 is 0 Å². The minimum Gasteiger partial charge on any atom is -0.490 e. The smallest absolute Gasteiger partial charge is 0.125 e. The van der Waals surface area contributed by atoms with E-state index in [-0.39, 0.29) is 0 Å². The molecule has 0 aliphatic heterocycles. The van der Waals surface area contributed by atoms with E-state index >= 15 is 0 Å². The molecule has 5 heteroatoms. The number of hydrogen-bond donors (Lipinski definition) is 0. The Balaban J connectivity index is 2.10. The summed E-state index contributed by atoms with van der Waals surface area (Å²) in [5.74, 6) is 1.72. The van der Waals surface area contributed by atoms with E-state index in [0.717, 1.165) is 39.5 Å². The van der Waals surface area contributed by atoms with E-state index in [4.69, 9.17) is 14.3 Å². The van der Waals surface area contributed by atoms with Gasteiger partial charge in [-0.25, -0.2) is 0 Å². The first-order valence-corrected chi connectivity index (χ1v) is 8.55. The van der Waals surface area contributed by atoms with Gasteiger partial charge in [0.1, 0.15) is 31.8 Å². The Labute approximate surface area is 155 Å². The molecule has 0 amide bonds. The number of nitrogens with zero attached hydrogens (tertiary/aromatic N) is 2. The predicted molar refractivity (Wildman–Crippen MR) is 104 cm³/mol. The number of rotatable bonds is 8. The number of benzene rings is 1. The summed E-state index contributed by atoms with van der Waals surface area (Å²) >= 11 is 0. The third-order valence-corrected chi connectivity index (χ3v) is 3.84. The molecule has 0 atom stereocenters. The molecule has 0 aliphatic carbocycles. The summed E-state index contributed by atoms with van der Waals surface area (Å²) in [7, 11) is 1.53. The SMILES string of the molecule is C/C=C/COc1cc(C)c(OCc2cncc(C(C)=NOC)c2)c(C)c1. The lowest BCUT2D eigenvalue weighted by Crippen LogP contribution is -2.03. The highest BCUT2D eigenvalue weighted by Gasteiger charge is 2.09. The van der Waals surface area contributed by atoms with Gasteiger partial charge in [-0.1, -0.05) is 17.3 Å². The fourth-order valence-corrected chi connectivity index (χ4v) is 2.57. The van der Waals surface area contributed by atoms with E-state index in [1.165, 1.54) is 7.11 Å². The minimum atomic E-state index is 0.432. The van der Waals surface area contributed by atoms with E-state index < -0.39 is 0 Å². The molecule has 0 aliphatic rings. The van der Waals surface area contributed by atoms with Gasteiger partial charge in [-0.05, 0) is 57.0 Å². The first-order chi connectivity index (χ1) is 12.5. The number of aryl methyl sites for hydroxylation is 2. The largest absolute Gasteiger partial charge is 0.490 e. The molecule has 0 saturated carbocycles. The van der Waals surface area contributed by atoms with E-state index in [0.29, 0.717) is 13.2 Å². The second-order valence-corrected chi connectivity index (χ2v) is 6.00. The zero-order valence-electron chi connectivity index (χ0n) is 16.1. The molecule has 2 aromatic rings. The number of hydrogen-bond acceptors (Lipinski definition) is 5. The van der Waals surface area contributed by atoms with E-state index in [1.807, 2.05) is 58.0 Å². The molecule has 0 saturated heterocycles. The van der Waals surface area contributed by atoms with Crippen LogP contribution in [0.4, 0.5) is 0 Å². The zero-order chi connectivity index (χ0) is 18.9. The van der Waals surface area contributed by atoms with Crippen LogP contribution in [0.1, 0.15) is 36.1 Å². The van der Waals surface area contributed by atoms with Crippen LogP contribution in [0.2, 0.25) is 0 Å². The Morgan fingerprint density at radius 1 is 1.12 bits per heavy atom. The van der Waals surface area contributed by atoms with Gasteiger partial charge < -0.3 is 14.3 Å². The summed E-state index contributed by atoms with van der Waals surface area (Å²) in [6.07, 6.45) is 7.50. The Bertz CT molecular complexity index is 775. The molecule has 0 bridgehead atoms. The highest BCUT2D eigenvalue weighted by molar-refractivity contribution is 5.98. The first-order valence-electron chi connectivity index (χ1n) is 8.55. The van der Waals surface area contributed by atoms with Crippen LogP contribution in [0, 0.1) is 13.8 Å². The van der Waals surface area contributed by atoms with Crippen molar-refractivity contribution < 1.29 is 14.3 Å². The summed E-state index contributed by atoms with van der Waals surface area (Å²) in [6, 6.07) is 6.00. The molecule has 0 fully saturated rings. The Kier molecular flexibility index (Phi) is 7.21. The predicted octanol–water partition coefficient (Wildman–Crippen LogP) is 4.60. The van der Waals surface area contributed by atoms with Crippen LogP contribution in [0.3, 0.4) is 0 Å². The topological polar surface area (TPSA) is 52.9 Å². The molecule has 1 heterocycles. The van der Waals surface area contributed by atoms with Gasteiger partial charge in [0, 0.05) is 23.5 Å². The molecule has 1 aromatic carbocycles. The average molecular weight is 354 g/mol. The van der Waals surface area contributed by atoms with E-state index in [9.17, 15) is 0 Å². The van der Waals surface area contributed by atoms with Crippen molar-refractivity contribution in [2.75, 3.05) is 13.7 Å². The van der Waals surface area contributed by atoms with Crippen LogP contribution in [-0.4, -0.2) is 24.4 Å². The van der Waals surface area contributed by atoms with Crippen molar-refractivity contribution >= 4 is 5.71 Å². The van der Waals surface area contributed by atoms with Gasteiger partial charge in [0.15, 0.2) is 0 Å². The van der Waals surface area contributed by atoms with E-state index in [2.05, 4.69) is 10.1 Å². The molecule has 0 spiro atoms. The van der Waals surface area contributed by atoms with Crippen LogP contribution in [-0.2, 0) is 11.4 Å². The molecule has 5 nitrogen and oxygen atoms in total. The van der Waals surface area contributed by atoms with Crippen LogP contribution < -0.4 is 9.47 Å². The molecule has 1 aromatic heterocycles. The summed E-state index contributed by atoms with van der Waals surface area (Å²) < 4.78 is 11.8. The number of aromatic nitrogens is 1. The van der Waals surface area contributed by atoms with Gasteiger partial charge in [-0.15, -0.1) is 0 Å². The van der Waals surface area contributed by atoms with Gasteiger partial charge in [-0.3, -0.25) is 4.98 Å². The number of pyridine rings is 1. The summed E-state index contributed by atoms with van der Waals surface area (Å²) in [6.45, 7) is 8.90. The van der Waals surface area contributed by atoms with Crippen molar-refractivity contribution in [3.63, 3.8) is 0 Å². The van der Waals surface area contributed by atoms with Gasteiger partial charge in [0.2, 0.25) is 0 Å². The van der Waals surface area contributed by atoms with Gasteiger partial charge in [0.25, 0.3) is 0 Å². The molecule has 2 rings (SSSR count). The van der Waals surface area contributed by atoms with Gasteiger partial charge in [-0.2, -0.15) is 0 Å². The standard InChI is InChI=1S/C21H26N2O3/c1-6-7-8-25-20-9-15(2)21(16(3)10-20)26-14-18-11-19(13-22-12-18)17(4)23-24-5/h6-7,9-13H,8,14H2,1-5H3/b7-6+,23-17?. The van der Waals surface area contributed by atoms with Crippen LogP contribution >= 0.6 is 0 Å². The molecular weight excluding hydrogens is 328 g/mol. The maximum atomic E-state index is 6.05. The fraction of sp³-hybridized carbons (Fsp3) is 0.333. The number of ether oxygens (including phenoxy) is 2. The maximum absolute atomic E-state index is 6.05. The van der Waals surface area contributed by atoms with Crippen molar-refractivity contribution in [3.8, 4) is 11.5 Å². The zero-order valence-corrected chi connectivity index (χ0v) is 16.1. The minimum absolute atomic E-state index is 0.432.